The van der Waals surface area contributed by atoms with Crippen LogP contribution in [-0.4, -0.2) is 29.6 Å². The Hall–Kier alpha value is -2.68. The van der Waals surface area contributed by atoms with Gasteiger partial charge < -0.3 is 15.5 Å². The Morgan fingerprint density at radius 2 is 1.66 bits per heavy atom. The van der Waals surface area contributed by atoms with Crippen molar-refractivity contribution in [2.75, 3.05) is 6.54 Å². The van der Waals surface area contributed by atoms with Crippen LogP contribution in [0.25, 0.3) is 0 Å². The smallest absolute Gasteiger partial charge is 0.0716 e. The number of benzene rings is 1. The second-order valence-corrected chi connectivity index (χ2v) is 13.3. The van der Waals surface area contributed by atoms with Crippen LogP contribution < -0.4 is 10.6 Å². The average Bonchev–Trinajstić information content (AvgIpc) is 3.63. The van der Waals surface area contributed by atoms with Crippen LogP contribution in [0.5, 0.6) is 0 Å². The summed E-state index contributed by atoms with van der Waals surface area (Å²) >= 11 is 0. The first-order valence-electron chi connectivity index (χ1n) is 14.8. The van der Waals surface area contributed by atoms with Crippen LogP contribution >= 0.6 is 0 Å². The maximum atomic E-state index is 4.77. The van der Waals surface area contributed by atoms with Crippen molar-refractivity contribution in [3.8, 4) is 0 Å². The van der Waals surface area contributed by atoms with Crippen LogP contribution in [0, 0.1) is 29.1 Å². The molecule has 0 aromatic heterocycles. The minimum Gasteiger partial charge on any atom is -0.380 e. The van der Waals surface area contributed by atoms with E-state index < -0.39 is 0 Å². The van der Waals surface area contributed by atoms with Crippen molar-refractivity contribution in [3.63, 3.8) is 0 Å². The largest absolute Gasteiger partial charge is 0.380 e. The van der Waals surface area contributed by atoms with E-state index in [0.717, 1.165) is 60.7 Å². The lowest BCUT2D eigenvalue weighted by Crippen LogP contribution is -2.49. The molecule has 0 spiro atoms. The number of nitrogens with zero attached hydrogens (tertiary/aromatic N) is 1. The number of allylic oxidation sites excluding steroid dienone is 1. The quantitative estimate of drug-likeness (QED) is 0.275. The van der Waals surface area contributed by atoms with Gasteiger partial charge in [-0.15, -0.1) is 0 Å². The summed E-state index contributed by atoms with van der Waals surface area (Å²) in [6.07, 6.45) is 6.90. The molecule has 1 aromatic rings. The predicted octanol–water partition coefficient (Wildman–Crippen LogP) is 7.16. The molecule has 0 amide bonds. The number of rotatable bonds is 13. The van der Waals surface area contributed by atoms with Gasteiger partial charge in [0.05, 0.1) is 18.1 Å². The molecule has 5 rings (SSSR count). The number of hydrogen-bond acceptors (Lipinski definition) is 3. The van der Waals surface area contributed by atoms with Crippen molar-refractivity contribution >= 4 is 0 Å². The zero-order valence-corrected chi connectivity index (χ0v) is 24.3. The highest BCUT2D eigenvalue weighted by Gasteiger charge is 2.67. The van der Waals surface area contributed by atoms with Crippen LogP contribution in [0.4, 0.5) is 0 Å². The molecule has 0 radical (unpaired) electrons. The molecule has 38 heavy (non-hydrogen) atoms. The van der Waals surface area contributed by atoms with Crippen molar-refractivity contribution in [3.05, 3.63) is 96.5 Å². The van der Waals surface area contributed by atoms with Crippen molar-refractivity contribution in [1.82, 2.24) is 15.5 Å². The Morgan fingerprint density at radius 1 is 1.03 bits per heavy atom. The predicted molar refractivity (Wildman–Crippen MR) is 161 cm³/mol. The van der Waals surface area contributed by atoms with Gasteiger partial charge in [-0.05, 0) is 78.4 Å². The van der Waals surface area contributed by atoms with E-state index in [4.69, 9.17) is 13.2 Å². The van der Waals surface area contributed by atoms with Gasteiger partial charge in [-0.25, -0.2) is 0 Å². The summed E-state index contributed by atoms with van der Waals surface area (Å²) in [7, 11) is 0. The first-order chi connectivity index (χ1) is 18.0. The topological polar surface area (TPSA) is 27.3 Å². The summed E-state index contributed by atoms with van der Waals surface area (Å²) in [6, 6.07) is 9.52. The fourth-order valence-electron chi connectivity index (χ4n) is 7.49. The Labute approximate surface area is 231 Å². The molecule has 0 bridgehead atoms. The molecule has 1 heterocycles. The van der Waals surface area contributed by atoms with E-state index in [1.54, 1.807) is 0 Å². The standard InChI is InChI=1S/C35H49N3/c1-10-22(4)23(5)31(17-26-15-16-26)37-24(6)34-32-30(35(32,8)9)20-38(34)25(7)33(36-21(2)3)29-18-27-13-11-12-14-28(27)19-29/h11-14,26,29-34,36-37H,2,4-7,10,15-20H2,1,3,8-9H3. The van der Waals surface area contributed by atoms with Gasteiger partial charge in [0.1, 0.15) is 0 Å². The van der Waals surface area contributed by atoms with Gasteiger partial charge in [0.2, 0.25) is 0 Å². The number of likely N-dealkylation sites (tertiary alicyclic amines) is 1. The molecule has 5 unspecified atom stereocenters. The third-order valence-electron chi connectivity index (χ3n) is 10.2. The van der Waals surface area contributed by atoms with Crippen LogP contribution in [0.15, 0.2) is 85.4 Å². The molecule has 204 valence electrons. The Morgan fingerprint density at radius 3 is 2.21 bits per heavy atom. The minimum absolute atomic E-state index is 0.160. The SMILES string of the molecule is C=C(C)NC(C(=C)N1CC2C(C1C(=C)NC(CC1CC1)C(=C)C(=C)CC)C2(C)C)C1Cc2ccccc2C1. The molecule has 1 aliphatic heterocycles. The molecule has 2 N–H and O–H groups in total. The Bertz CT molecular complexity index is 1130. The van der Waals surface area contributed by atoms with Gasteiger partial charge in [0.25, 0.3) is 0 Å². The molecule has 3 nitrogen and oxygen atoms in total. The highest BCUT2D eigenvalue weighted by Crippen LogP contribution is 2.66. The Balaban J connectivity index is 1.37. The Kier molecular flexibility index (Phi) is 7.18. The van der Waals surface area contributed by atoms with Crippen LogP contribution in [0.2, 0.25) is 0 Å². The molecular weight excluding hydrogens is 462 g/mol. The summed E-state index contributed by atoms with van der Waals surface area (Å²) in [5.74, 6) is 2.53. The number of piperidine rings is 1. The summed E-state index contributed by atoms with van der Waals surface area (Å²) in [5, 5.41) is 7.66. The molecule has 3 fully saturated rings. The van der Waals surface area contributed by atoms with Crippen LogP contribution in [0.1, 0.15) is 64.5 Å². The van der Waals surface area contributed by atoms with Crippen molar-refractivity contribution in [1.29, 1.82) is 0 Å². The number of hydrogen-bond donors (Lipinski definition) is 2. The van der Waals surface area contributed by atoms with Gasteiger partial charge in [-0.1, -0.05) is 96.3 Å². The van der Waals surface area contributed by atoms with Crippen LogP contribution in [0.3, 0.4) is 0 Å². The summed E-state index contributed by atoms with van der Waals surface area (Å²) < 4.78 is 0. The average molecular weight is 512 g/mol. The van der Waals surface area contributed by atoms with E-state index in [1.165, 1.54) is 29.7 Å². The maximum absolute atomic E-state index is 4.77. The maximum Gasteiger partial charge on any atom is 0.0716 e. The van der Waals surface area contributed by atoms with Gasteiger partial charge >= 0.3 is 0 Å². The molecule has 1 saturated heterocycles. The van der Waals surface area contributed by atoms with E-state index in [0.29, 0.717) is 23.2 Å². The second kappa shape index (κ2) is 10.1. The van der Waals surface area contributed by atoms with Crippen LogP contribution in [-0.2, 0) is 12.8 Å². The third kappa shape index (κ3) is 5.01. The van der Waals surface area contributed by atoms with E-state index >= 15 is 0 Å². The number of fused-ring (bicyclic) bond motifs is 2. The monoisotopic (exact) mass is 511 g/mol. The summed E-state index contributed by atoms with van der Waals surface area (Å²) in [4.78, 5) is 2.59. The van der Waals surface area contributed by atoms with Crippen molar-refractivity contribution < 1.29 is 0 Å². The lowest BCUT2D eigenvalue weighted by Gasteiger charge is -2.41. The highest BCUT2D eigenvalue weighted by atomic mass is 15.3. The van der Waals surface area contributed by atoms with Gasteiger partial charge in [0.15, 0.2) is 0 Å². The molecular formula is C35H49N3. The fraction of sp³-hybridized carbons (Fsp3) is 0.543. The second-order valence-electron chi connectivity index (χ2n) is 13.3. The normalized spacial score (nSPS) is 26.6. The van der Waals surface area contributed by atoms with E-state index in [1.807, 2.05) is 0 Å². The molecule has 3 aliphatic carbocycles. The van der Waals surface area contributed by atoms with E-state index in [9.17, 15) is 0 Å². The minimum atomic E-state index is 0.160. The summed E-state index contributed by atoms with van der Waals surface area (Å²) in [6.45, 7) is 32.6. The molecule has 3 heteroatoms. The lowest BCUT2D eigenvalue weighted by molar-refractivity contribution is 0.216. The van der Waals surface area contributed by atoms with Gasteiger partial charge in [-0.2, -0.15) is 0 Å². The molecule has 4 aliphatic rings. The molecule has 5 atom stereocenters. The number of nitrogens with one attached hydrogen (secondary N) is 2. The van der Waals surface area contributed by atoms with E-state index in [2.05, 4.69) is 87.2 Å². The zero-order chi connectivity index (χ0) is 27.4. The lowest BCUT2D eigenvalue weighted by atomic mass is 9.90. The van der Waals surface area contributed by atoms with Crippen molar-refractivity contribution in [2.24, 2.45) is 29.1 Å². The molecule has 1 aromatic carbocycles. The highest BCUT2D eigenvalue weighted by molar-refractivity contribution is 5.37. The van der Waals surface area contributed by atoms with Gasteiger partial charge in [0, 0.05) is 23.6 Å². The fourth-order valence-corrected chi connectivity index (χ4v) is 7.49. The first-order valence-corrected chi connectivity index (χ1v) is 14.8. The molecule has 2 saturated carbocycles. The van der Waals surface area contributed by atoms with E-state index in [-0.39, 0.29) is 18.1 Å². The van der Waals surface area contributed by atoms with Crippen molar-refractivity contribution in [2.45, 2.75) is 84.3 Å². The zero-order valence-electron chi connectivity index (χ0n) is 24.3. The third-order valence-corrected chi connectivity index (χ3v) is 10.2. The first kappa shape index (κ1) is 26.9. The summed E-state index contributed by atoms with van der Waals surface area (Å²) in [5.41, 5.74) is 8.92. The van der Waals surface area contributed by atoms with Gasteiger partial charge in [-0.3, -0.25) is 0 Å².